The Labute approximate surface area is 76.1 Å². The fourth-order valence-electron chi connectivity index (χ4n) is 0.871. The smallest absolute Gasteiger partial charge is 0.165 e. The van der Waals surface area contributed by atoms with Gasteiger partial charge in [-0.25, -0.2) is 4.39 Å². The van der Waals surface area contributed by atoms with Gasteiger partial charge in [-0.2, -0.15) is 0 Å². The summed E-state index contributed by atoms with van der Waals surface area (Å²) in [6.07, 6.45) is 0. The third-order valence-corrected chi connectivity index (χ3v) is 1.58. The monoisotopic (exact) mass is 188 g/mol. The molecule has 1 nitrogen and oxygen atoms in total. The SMILES string of the molecule is Cc1ccc(OCCCl)c(F)c1. The predicted octanol–water partition coefficient (Wildman–Crippen LogP) is 2.75. The van der Waals surface area contributed by atoms with Crippen LogP contribution >= 0.6 is 11.6 Å². The quantitative estimate of drug-likeness (QED) is 0.663. The maximum Gasteiger partial charge on any atom is 0.165 e. The van der Waals surface area contributed by atoms with Crippen LogP contribution in [0.25, 0.3) is 0 Å². The van der Waals surface area contributed by atoms with Gasteiger partial charge in [-0.3, -0.25) is 0 Å². The molecule has 0 aromatic heterocycles. The van der Waals surface area contributed by atoms with Crippen molar-refractivity contribution in [2.75, 3.05) is 12.5 Å². The third kappa shape index (κ3) is 2.38. The molecule has 0 aliphatic rings. The van der Waals surface area contributed by atoms with Crippen LogP contribution in [0, 0.1) is 12.7 Å². The lowest BCUT2D eigenvalue weighted by Gasteiger charge is -2.04. The molecular weight excluding hydrogens is 179 g/mol. The van der Waals surface area contributed by atoms with E-state index in [2.05, 4.69) is 0 Å². The molecule has 0 aliphatic carbocycles. The van der Waals surface area contributed by atoms with Crippen molar-refractivity contribution >= 4 is 11.6 Å². The summed E-state index contributed by atoms with van der Waals surface area (Å²) in [5, 5.41) is 0. The van der Waals surface area contributed by atoms with Gasteiger partial charge in [0.05, 0.1) is 5.88 Å². The molecule has 1 aromatic rings. The Balaban J connectivity index is 2.72. The molecule has 0 unspecified atom stereocenters. The van der Waals surface area contributed by atoms with E-state index in [9.17, 15) is 4.39 Å². The zero-order chi connectivity index (χ0) is 8.97. The van der Waals surface area contributed by atoms with Crippen molar-refractivity contribution in [3.63, 3.8) is 0 Å². The van der Waals surface area contributed by atoms with Crippen LogP contribution in [0.2, 0.25) is 0 Å². The normalized spacial score (nSPS) is 9.92. The van der Waals surface area contributed by atoms with Gasteiger partial charge < -0.3 is 4.74 Å². The molecule has 0 aliphatic heterocycles. The number of rotatable bonds is 3. The Bertz CT molecular complexity index is 263. The van der Waals surface area contributed by atoms with Gasteiger partial charge in [0.15, 0.2) is 11.6 Å². The molecule has 0 bridgehead atoms. The highest BCUT2D eigenvalue weighted by Gasteiger charge is 2.01. The summed E-state index contributed by atoms with van der Waals surface area (Å²) in [6, 6.07) is 4.84. The van der Waals surface area contributed by atoms with Crippen LogP contribution in [-0.2, 0) is 0 Å². The number of aryl methyl sites for hydroxylation is 1. The van der Waals surface area contributed by atoms with Gasteiger partial charge >= 0.3 is 0 Å². The molecule has 1 aromatic carbocycles. The number of hydrogen-bond donors (Lipinski definition) is 0. The molecular formula is C9H10ClFO. The van der Waals surface area contributed by atoms with Crippen LogP contribution in [0.1, 0.15) is 5.56 Å². The minimum atomic E-state index is -0.333. The van der Waals surface area contributed by atoms with E-state index in [0.29, 0.717) is 12.5 Å². The largest absolute Gasteiger partial charge is 0.489 e. The van der Waals surface area contributed by atoms with E-state index in [0.717, 1.165) is 5.56 Å². The van der Waals surface area contributed by atoms with Crippen molar-refractivity contribution in [1.82, 2.24) is 0 Å². The molecule has 66 valence electrons. The second-order valence-electron chi connectivity index (χ2n) is 2.47. The molecule has 0 N–H and O–H groups in total. The van der Waals surface area contributed by atoms with E-state index >= 15 is 0 Å². The van der Waals surface area contributed by atoms with Crippen LogP contribution in [0.15, 0.2) is 18.2 Å². The van der Waals surface area contributed by atoms with Crippen molar-refractivity contribution < 1.29 is 9.13 Å². The van der Waals surface area contributed by atoms with Gasteiger partial charge in [0.2, 0.25) is 0 Å². The lowest BCUT2D eigenvalue weighted by atomic mass is 10.2. The summed E-state index contributed by atoms with van der Waals surface area (Å²) < 4.78 is 18.0. The minimum absolute atomic E-state index is 0.265. The molecule has 0 spiro atoms. The van der Waals surface area contributed by atoms with Crippen LogP contribution in [-0.4, -0.2) is 12.5 Å². The van der Waals surface area contributed by atoms with Crippen molar-refractivity contribution in [3.8, 4) is 5.75 Å². The summed E-state index contributed by atoms with van der Waals surface area (Å²) in [4.78, 5) is 0. The molecule has 0 heterocycles. The molecule has 12 heavy (non-hydrogen) atoms. The summed E-state index contributed by atoms with van der Waals surface area (Å²) in [6.45, 7) is 2.16. The molecule has 0 atom stereocenters. The van der Waals surface area contributed by atoms with E-state index in [1.54, 1.807) is 12.1 Å². The van der Waals surface area contributed by atoms with Crippen LogP contribution < -0.4 is 4.74 Å². The minimum Gasteiger partial charge on any atom is -0.489 e. The number of benzene rings is 1. The fourth-order valence-corrected chi connectivity index (χ4v) is 0.949. The molecule has 0 saturated heterocycles. The van der Waals surface area contributed by atoms with E-state index in [1.165, 1.54) is 6.07 Å². The molecule has 0 radical (unpaired) electrons. The summed E-state index contributed by atoms with van der Waals surface area (Å²) in [5.74, 6) is 0.300. The Morgan fingerprint density at radius 3 is 2.83 bits per heavy atom. The van der Waals surface area contributed by atoms with Crippen LogP contribution in [0.4, 0.5) is 4.39 Å². The number of hydrogen-bond acceptors (Lipinski definition) is 1. The molecule has 3 heteroatoms. The van der Waals surface area contributed by atoms with Gasteiger partial charge in [-0.15, -0.1) is 11.6 Å². The maximum absolute atomic E-state index is 13.0. The Morgan fingerprint density at radius 2 is 2.25 bits per heavy atom. The highest BCUT2D eigenvalue weighted by molar-refractivity contribution is 6.17. The predicted molar refractivity (Wildman–Crippen MR) is 47.4 cm³/mol. The van der Waals surface area contributed by atoms with Gasteiger partial charge in [0, 0.05) is 0 Å². The fraction of sp³-hybridized carbons (Fsp3) is 0.333. The zero-order valence-corrected chi connectivity index (χ0v) is 7.57. The molecule has 1 rings (SSSR count). The summed E-state index contributed by atoms with van der Waals surface area (Å²) >= 11 is 5.39. The van der Waals surface area contributed by atoms with Gasteiger partial charge in [-0.05, 0) is 24.6 Å². The van der Waals surface area contributed by atoms with Crippen molar-refractivity contribution in [1.29, 1.82) is 0 Å². The topological polar surface area (TPSA) is 9.23 Å². The number of alkyl halides is 1. The van der Waals surface area contributed by atoms with Gasteiger partial charge in [0.1, 0.15) is 6.61 Å². The standard InChI is InChI=1S/C9H10ClFO/c1-7-2-3-9(8(11)6-7)12-5-4-10/h2-3,6H,4-5H2,1H3. The van der Waals surface area contributed by atoms with E-state index in [-0.39, 0.29) is 11.6 Å². The first kappa shape index (κ1) is 9.33. The average Bonchev–Trinajstić information content (AvgIpc) is 2.03. The van der Waals surface area contributed by atoms with E-state index < -0.39 is 0 Å². The lowest BCUT2D eigenvalue weighted by molar-refractivity contribution is 0.323. The molecule has 0 saturated carbocycles. The summed E-state index contributed by atoms with van der Waals surface area (Å²) in [7, 11) is 0. The van der Waals surface area contributed by atoms with Crippen LogP contribution in [0.5, 0.6) is 5.75 Å². The average molecular weight is 189 g/mol. The van der Waals surface area contributed by atoms with Crippen molar-refractivity contribution in [2.45, 2.75) is 6.92 Å². The van der Waals surface area contributed by atoms with Crippen molar-refractivity contribution in [3.05, 3.63) is 29.6 Å². The Hall–Kier alpha value is -0.760. The maximum atomic E-state index is 13.0. The molecule has 0 amide bonds. The first-order valence-corrected chi connectivity index (χ1v) is 4.22. The second-order valence-corrected chi connectivity index (χ2v) is 2.85. The highest BCUT2D eigenvalue weighted by atomic mass is 35.5. The summed E-state index contributed by atoms with van der Waals surface area (Å²) in [5.41, 5.74) is 0.880. The molecule has 0 fully saturated rings. The number of ether oxygens (including phenoxy) is 1. The second kappa shape index (κ2) is 4.31. The first-order valence-electron chi connectivity index (χ1n) is 3.69. The van der Waals surface area contributed by atoms with Gasteiger partial charge in [0.25, 0.3) is 0 Å². The zero-order valence-electron chi connectivity index (χ0n) is 6.81. The Kier molecular flexibility index (Phi) is 3.35. The van der Waals surface area contributed by atoms with E-state index in [1.807, 2.05) is 6.92 Å². The Morgan fingerprint density at radius 1 is 1.50 bits per heavy atom. The van der Waals surface area contributed by atoms with E-state index in [4.69, 9.17) is 16.3 Å². The van der Waals surface area contributed by atoms with Gasteiger partial charge in [-0.1, -0.05) is 6.07 Å². The third-order valence-electron chi connectivity index (χ3n) is 1.42. The first-order chi connectivity index (χ1) is 5.74. The van der Waals surface area contributed by atoms with Crippen molar-refractivity contribution in [2.24, 2.45) is 0 Å². The van der Waals surface area contributed by atoms with Crippen LogP contribution in [0.3, 0.4) is 0 Å². The number of halogens is 2. The highest BCUT2D eigenvalue weighted by Crippen LogP contribution is 2.17. The lowest BCUT2D eigenvalue weighted by Crippen LogP contribution is -1.99.